The molecule has 1 saturated carbocycles. The number of hydrogen-bond donors (Lipinski definition) is 0. The summed E-state index contributed by atoms with van der Waals surface area (Å²) in [5, 5.41) is 0. The van der Waals surface area contributed by atoms with Crippen LogP contribution in [0, 0.1) is 11.8 Å². The minimum absolute atomic E-state index is 0.0647. The fraction of sp³-hybridized carbons (Fsp3) is 0.533. The third kappa shape index (κ3) is 6.77. The highest BCUT2D eigenvalue weighted by molar-refractivity contribution is 7.91. The largest absolute Gasteiger partial charge is 0.416 e. The van der Waals surface area contributed by atoms with Gasteiger partial charge >= 0.3 is 6.18 Å². The maximum absolute atomic E-state index is 13.5. The van der Waals surface area contributed by atoms with Crippen molar-refractivity contribution >= 4 is 21.5 Å². The number of likely N-dealkylation sites (tertiary alicyclic amines) is 1. The molecule has 2 aromatic rings. The molecule has 6 nitrogen and oxygen atoms in total. The van der Waals surface area contributed by atoms with E-state index in [0.717, 1.165) is 18.6 Å². The molecule has 40 heavy (non-hydrogen) atoms. The highest BCUT2D eigenvalue weighted by atomic mass is 32.2. The first kappa shape index (κ1) is 30.2. The third-order valence-electron chi connectivity index (χ3n) is 8.54. The number of halogens is 3. The first-order valence-corrected chi connectivity index (χ1v) is 15.4. The Kier molecular flexibility index (Phi) is 9.09. The van der Waals surface area contributed by atoms with Crippen molar-refractivity contribution in [3.63, 3.8) is 0 Å². The van der Waals surface area contributed by atoms with Crippen LogP contribution in [0.5, 0.6) is 0 Å². The van der Waals surface area contributed by atoms with Crippen LogP contribution >= 0.6 is 0 Å². The average molecular weight is 579 g/mol. The smallest absolute Gasteiger partial charge is 0.339 e. The molecule has 0 bridgehead atoms. The van der Waals surface area contributed by atoms with Crippen LogP contribution in [0.25, 0.3) is 0 Å². The zero-order valence-corrected chi connectivity index (χ0v) is 23.9. The molecule has 1 aliphatic carbocycles. The lowest BCUT2D eigenvalue weighted by molar-refractivity contribution is -0.137. The van der Waals surface area contributed by atoms with E-state index in [2.05, 4.69) is 18.7 Å². The van der Waals surface area contributed by atoms with Gasteiger partial charge in [-0.1, -0.05) is 30.3 Å². The van der Waals surface area contributed by atoms with E-state index in [-0.39, 0.29) is 52.6 Å². The van der Waals surface area contributed by atoms with E-state index in [9.17, 15) is 31.2 Å². The van der Waals surface area contributed by atoms with Gasteiger partial charge in [0.1, 0.15) is 0 Å². The zero-order chi connectivity index (χ0) is 29.2. The second-order valence-electron chi connectivity index (χ2n) is 11.4. The highest BCUT2D eigenvalue weighted by Gasteiger charge is 2.44. The second kappa shape index (κ2) is 12.0. The van der Waals surface area contributed by atoms with Gasteiger partial charge in [-0.3, -0.25) is 9.59 Å². The molecule has 4 rings (SSSR count). The normalized spacial score (nSPS) is 24.2. The summed E-state index contributed by atoms with van der Waals surface area (Å²) in [7, 11) is -1.56. The Labute approximate surface area is 234 Å². The van der Waals surface area contributed by atoms with Crippen molar-refractivity contribution in [1.82, 2.24) is 9.80 Å². The number of ketones is 1. The maximum Gasteiger partial charge on any atom is 0.416 e. The quantitative estimate of drug-likeness (QED) is 0.369. The van der Waals surface area contributed by atoms with Crippen LogP contribution < -0.4 is 0 Å². The number of hydrogen-bond acceptors (Lipinski definition) is 5. The maximum atomic E-state index is 13.5. The van der Waals surface area contributed by atoms with E-state index >= 15 is 0 Å². The summed E-state index contributed by atoms with van der Waals surface area (Å²) in [6, 6.07) is 12.8. The number of sulfone groups is 1. The van der Waals surface area contributed by atoms with Gasteiger partial charge < -0.3 is 9.80 Å². The van der Waals surface area contributed by atoms with E-state index in [4.69, 9.17) is 0 Å². The van der Waals surface area contributed by atoms with Gasteiger partial charge in [-0.05, 0) is 76.8 Å². The Balaban J connectivity index is 1.51. The fourth-order valence-corrected chi connectivity index (χ4v) is 7.79. The van der Waals surface area contributed by atoms with Crippen molar-refractivity contribution in [3.05, 3.63) is 65.7 Å². The first-order chi connectivity index (χ1) is 18.8. The van der Waals surface area contributed by atoms with Gasteiger partial charge in [0.15, 0.2) is 15.6 Å². The van der Waals surface area contributed by atoms with Crippen molar-refractivity contribution in [1.29, 1.82) is 0 Å². The molecule has 1 aliphatic heterocycles. The lowest BCUT2D eigenvalue weighted by atomic mass is 9.80. The molecular formula is C30H37F3N2O4S. The fourth-order valence-electron chi connectivity index (χ4n) is 6.10. The Hall–Kier alpha value is -2.72. The molecule has 218 valence electrons. The van der Waals surface area contributed by atoms with E-state index in [1.54, 1.807) is 35.2 Å². The molecule has 0 aromatic heterocycles. The number of carbonyl (C=O) groups is 2. The number of nitrogens with zero attached hydrogens (tertiary/aromatic N) is 2. The van der Waals surface area contributed by atoms with Crippen LogP contribution in [0.3, 0.4) is 0 Å². The van der Waals surface area contributed by atoms with Gasteiger partial charge in [-0.25, -0.2) is 8.42 Å². The predicted octanol–water partition coefficient (Wildman–Crippen LogP) is 5.48. The number of Topliss-reactive ketones (excluding diaryl/α,β-unsaturated/α-hetero) is 1. The van der Waals surface area contributed by atoms with Crippen molar-refractivity contribution in [2.24, 2.45) is 11.8 Å². The molecule has 2 aliphatic rings. The summed E-state index contributed by atoms with van der Waals surface area (Å²) in [4.78, 5) is 30.7. The standard InChI is InChI=1S/C30H37F3N2O4S/c1-20(2)34(3)25-12-13-27(23(17-25)19-40(38,39)26-10-5-4-6-11-26)35-15-14-22(29(35)37)18-28(36)21-8-7-9-24(16-21)30(31,32)33/h4-11,16,20,22-23,25,27H,12-15,17-19H2,1-3H3/t22?,23-,25+,27-/m0/s1. The minimum atomic E-state index is -4.56. The number of alkyl halides is 3. The van der Waals surface area contributed by atoms with Crippen LogP contribution in [-0.2, 0) is 20.8 Å². The van der Waals surface area contributed by atoms with Crippen LogP contribution in [0.15, 0.2) is 59.5 Å². The lowest BCUT2D eigenvalue weighted by Crippen LogP contribution is -2.51. The molecule has 1 unspecified atom stereocenters. The van der Waals surface area contributed by atoms with Crippen molar-refractivity contribution in [2.45, 2.75) is 75.1 Å². The number of carbonyl (C=O) groups excluding carboxylic acids is 2. The van der Waals surface area contributed by atoms with Crippen LogP contribution in [-0.4, -0.2) is 67.4 Å². The van der Waals surface area contributed by atoms with Gasteiger partial charge in [0.05, 0.1) is 16.2 Å². The summed E-state index contributed by atoms with van der Waals surface area (Å²) in [6.45, 7) is 4.59. The monoisotopic (exact) mass is 578 g/mol. The number of benzene rings is 2. The molecule has 1 saturated heterocycles. The molecule has 2 fully saturated rings. The summed E-state index contributed by atoms with van der Waals surface area (Å²) in [5.41, 5.74) is -0.964. The van der Waals surface area contributed by atoms with Crippen LogP contribution in [0.4, 0.5) is 13.2 Å². The van der Waals surface area contributed by atoms with Crippen LogP contribution in [0.1, 0.15) is 61.9 Å². The summed E-state index contributed by atoms with van der Waals surface area (Å²) in [6.07, 6.45) is -2.23. The molecular weight excluding hydrogens is 541 g/mol. The van der Waals surface area contributed by atoms with Gasteiger partial charge in [0.25, 0.3) is 0 Å². The Bertz CT molecular complexity index is 1310. The average Bonchev–Trinajstić information content (AvgIpc) is 3.27. The first-order valence-electron chi connectivity index (χ1n) is 13.8. The second-order valence-corrected chi connectivity index (χ2v) is 13.4. The lowest BCUT2D eigenvalue weighted by Gasteiger charge is -2.44. The molecule has 0 radical (unpaired) electrons. The highest BCUT2D eigenvalue weighted by Crippen LogP contribution is 2.37. The van der Waals surface area contributed by atoms with Gasteiger partial charge in [-0.15, -0.1) is 0 Å². The SMILES string of the molecule is CC(C)N(C)[C@@H]1CC[C@H](N2CCC(CC(=O)c3cccc(C(F)(F)F)c3)C2=O)[C@H](CS(=O)(=O)c2ccccc2)C1. The molecule has 10 heteroatoms. The molecule has 1 amide bonds. The Morgan fingerprint density at radius 1 is 1.05 bits per heavy atom. The van der Waals surface area contributed by atoms with E-state index < -0.39 is 33.3 Å². The van der Waals surface area contributed by atoms with Crippen LogP contribution in [0.2, 0.25) is 0 Å². The van der Waals surface area contributed by atoms with Crippen molar-refractivity contribution in [2.75, 3.05) is 19.3 Å². The number of rotatable bonds is 9. The summed E-state index contributed by atoms with van der Waals surface area (Å²) in [5.74, 6) is -1.72. The number of amides is 1. The van der Waals surface area contributed by atoms with Gasteiger partial charge in [0.2, 0.25) is 5.91 Å². The Morgan fingerprint density at radius 3 is 2.40 bits per heavy atom. The zero-order valence-electron chi connectivity index (χ0n) is 23.1. The van der Waals surface area contributed by atoms with Crippen molar-refractivity contribution in [3.8, 4) is 0 Å². The van der Waals surface area contributed by atoms with E-state index in [0.29, 0.717) is 25.8 Å². The molecule has 1 heterocycles. The van der Waals surface area contributed by atoms with Crippen molar-refractivity contribution < 1.29 is 31.2 Å². The molecule has 0 N–H and O–H groups in total. The van der Waals surface area contributed by atoms with E-state index in [1.807, 2.05) is 7.05 Å². The summed E-state index contributed by atoms with van der Waals surface area (Å²) >= 11 is 0. The van der Waals surface area contributed by atoms with Gasteiger partial charge in [0, 0.05) is 42.6 Å². The minimum Gasteiger partial charge on any atom is -0.339 e. The summed E-state index contributed by atoms with van der Waals surface area (Å²) < 4.78 is 66.1. The van der Waals surface area contributed by atoms with E-state index in [1.165, 1.54) is 12.1 Å². The molecule has 2 aromatic carbocycles. The topological polar surface area (TPSA) is 74.8 Å². The predicted molar refractivity (Wildman–Crippen MR) is 147 cm³/mol. The molecule has 0 spiro atoms. The molecule has 4 atom stereocenters. The third-order valence-corrected chi connectivity index (χ3v) is 10.4. The van der Waals surface area contributed by atoms with Gasteiger partial charge in [-0.2, -0.15) is 13.2 Å². The Morgan fingerprint density at radius 2 is 1.75 bits per heavy atom.